The van der Waals surface area contributed by atoms with Gasteiger partial charge in [-0.05, 0) is 52.5 Å². The Kier molecular flexibility index (Phi) is 5.62. The third-order valence-electron chi connectivity index (χ3n) is 3.82. The average Bonchev–Trinajstić information content (AvgIpc) is 2.97. The SMILES string of the molecule is CN(C)c1ccc(C=C(C#N)C(=O)NC2CCCC2)cc1Br. The molecule has 1 fully saturated rings. The Morgan fingerprint density at radius 2 is 2.09 bits per heavy atom. The van der Waals surface area contributed by atoms with Crippen LogP contribution in [0.3, 0.4) is 0 Å². The molecule has 0 spiro atoms. The molecule has 1 amide bonds. The zero-order valence-corrected chi connectivity index (χ0v) is 14.5. The van der Waals surface area contributed by atoms with E-state index >= 15 is 0 Å². The number of carbonyl (C=O) groups excluding carboxylic acids is 1. The highest BCUT2D eigenvalue weighted by atomic mass is 79.9. The van der Waals surface area contributed by atoms with E-state index in [1.54, 1.807) is 6.08 Å². The maximum Gasteiger partial charge on any atom is 0.262 e. The lowest BCUT2D eigenvalue weighted by atomic mass is 10.1. The van der Waals surface area contributed by atoms with E-state index in [4.69, 9.17) is 0 Å². The Bertz CT molecular complexity index is 625. The van der Waals surface area contributed by atoms with Crippen LogP contribution < -0.4 is 10.2 Å². The zero-order valence-electron chi connectivity index (χ0n) is 12.9. The summed E-state index contributed by atoms with van der Waals surface area (Å²) in [6.45, 7) is 0. The number of hydrogen-bond acceptors (Lipinski definition) is 3. The number of rotatable bonds is 4. The highest BCUT2D eigenvalue weighted by Gasteiger charge is 2.19. The van der Waals surface area contributed by atoms with Crippen LogP contribution in [0.1, 0.15) is 31.2 Å². The summed E-state index contributed by atoms with van der Waals surface area (Å²) in [5, 5.41) is 12.2. The van der Waals surface area contributed by atoms with E-state index in [0.717, 1.165) is 41.4 Å². The van der Waals surface area contributed by atoms with Gasteiger partial charge < -0.3 is 10.2 Å². The monoisotopic (exact) mass is 361 g/mol. The fraction of sp³-hybridized carbons (Fsp3) is 0.412. The van der Waals surface area contributed by atoms with E-state index in [0.29, 0.717) is 0 Å². The van der Waals surface area contributed by atoms with Crippen molar-refractivity contribution in [1.82, 2.24) is 5.32 Å². The van der Waals surface area contributed by atoms with E-state index in [9.17, 15) is 10.1 Å². The van der Waals surface area contributed by atoms with E-state index in [-0.39, 0.29) is 17.5 Å². The molecule has 5 heteroatoms. The Morgan fingerprint density at radius 1 is 1.41 bits per heavy atom. The van der Waals surface area contributed by atoms with Crippen molar-refractivity contribution in [1.29, 1.82) is 5.26 Å². The molecule has 4 nitrogen and oxygen atoms in total. The van der Waals surface area contributed by atoms with Gasteiger partial charge in [0.1, 0.15) is 11.6 Å². The van der Waals surface area contributed by atoms with Crippen LogP contribution in [-0.2, 0) is 4.79 Å². The third-order valence-corrected chi connectivity index (χ3v) is 4.46. The third kappa shape index (κ3) is 4.11. The highest BCUT2D eigenvalue weighted by Crippen LogP contribution is 2.26. The summed E-state index contributed by atoms with van der Waals surface area (Å²) < 4.78 is 0.930. The summed E-state index contributed by atoms with van der Waals surface area (Å²) in [6.07, 6.45) is 5.94. The van der Waals surface area contributed by atoms with Gasteiger partial charge in [-0.1, -0.05) is 18.9 Å². The summed E-state index contributed by atoms with van der Waals surface area (Å²) >= 11 is 3.51. The number of halogens is 1. The van der Waals surface area contributed by atoms with E-state index in [2.05, 4.69) is 21.2 Å². The number of benzene rings is 1. The minimum absolute atomic E-state index is 0.149. The molecule has 1 aromatic carbocycles. The van der Waals surface area contributed by atoms with Crippen LogP contribution in [0.2, 0.25) is 0 Å². The number of nitrogens with one attached hydrogen (secondary N) is 1. The standard InChI is InChI=1S/C17H20BrN3O/c1-21(2)16-8-7-12(10-15(16)18)9-13(11-19)17(22)20-14-5-3-4-6-14/h7-10,14H,3-6H2,1-2H3,(H,20,22). The first-order chi connectivity index (χ1) is 10.5. The van der Waals surface area contributed by atoms with Crippen molar-refractivity contribution in [3.05, 3.63) is 33.8 Å². The second-order valence-corrected chi connectivity index (χ2v) is 6.58. The molecule has 0 heterocycles. The maximum atomic E-state index is 12.2. The highest BCUT2D eigenvalue weighted by molar-refractivity contribution is 9.10. The molecule has 0 atom stereocenters. The quantitative estimate of drug-likeness (QED) is 0.659. The number of anilines is 1. The van der Waals surface area contributed by atoms with Gasteiger partial charge in [0.2, 0.25) is 0 Å². The van der Waals surface area contributed by atoms with Gasteiger partial charge in [-0.15, -0.1) is 0 Å². The second-order valence-electron chi connectivity index (χ2n) is 5.73. The first-order valence-corrected chi connectivity index (χ1v) is 8.20. The fourth-order valence-electron chi connectivity index (χ4n) is 2.62. The Labute approximate surface area is 139 Å². The molecular formula is C17H20BrN3O. The lowest BCUT2D eigenvalue weighted by Gasteiger charge is -2.15. The topological polar surface area (TPSA) is 56.1 Å². The molecule has 1 N–H and O–H groups in total. The Hall–Kier alpha value is -1.80. The number of hydrogen-bond donors (Lipinski definition) is 1. The molecule has 1 saturated carbocycles. The predicted octanol–water partition coefficient (Wildman–Crippen LogP) is 3.48. The molecule has 116 valence electrons. The van der Waals surface area contributed by atoms with Crippen molar-refractivity contribution in [3.63, 3.8) is 0 Å². The van der Waals surface area contributed by atoms with Gasteiger partial charge in [0.15, 0.2) is 0 Å². The van der Waals surface area contributed by atoms with Crippen molar-refractivity contribution in [3.8, 4) is 6.07 Å². The number of nitrogens with zero attached hydrogens (tertiary/aromatic N) is 2. The first-order valence-electron chi connectivity index (χ1n) is 7.41. The summed E-state index contributed by atoms with van der Waals surface area (Å²) in [5.74, 6) is -0.276. The van der Waals surface area contributed by atoms with Crippen molar-refractivity contribution < 1.29 is 4.79 Å². The molecular weight excluding hydrogens is 342 g/mol. The first kappa shape index (κ1) is 16.6. The van der Waals surface area contributed by atoms with E-state index in [1.165, 1.54) is 0 Å². The largest absolute Gasteiger partial charge is 0.377 e. The molecule has 0 unspecified atom stereocenters. The van der Waals surface area contributed by atoms with Gasteiger partial charge in [-0.3, -0.25) is 4.79 Å². The summed E-state index contributed by atoms with van der Waals surface area (Å²) in [6, 6.07) is 7.99. The minimum Gasteiger partial charge on any atom is -0.377 e. The molecule has 1 aliphatic carbocycles. The normalized spacial score (nSPS) is 15.5. The number of carbonyl (C=O) groups is 1. The van der Waals surface area contributed by atoms with Crippen LogP contribution >= 0.6 is 15.9 Å². The fourth-order valence-corrected chi connectivity index (χ4v) is 3.38. The molecule has 22 heavy (non-hydrogen) atoms. The van der Waals surface area contributed by atoms with E-state index < -0.39 is 0 Å². The van der Waals surface area contributed by atoms with Crippen molar-refractivity contribution in [2.45, 2.75) is 31.7 Å². The zero-order chi connectivity index (χ0) is 16.1. The van der Waals surface area contributed by atoms with Crippen molar-refractivity contribution >= 4 is 33.6 Å². The van der Waals surface area contributed by atoms with E-state index in [1.807, 2.05) is 43.3 Å². The maximum absolute atomic E-state index is 12.2. The Balaban J connectivity index is 2.16. The molecule has 1 aliphatic rings. The Morgan fingerprint density at radius 3 is 2.64 bits per heavy atom. The summed E-state index contributed by atoms with van der Waals surface area (Å²) in [4.78, 5) is 14.2. The molecule has 1 aromatic rings. The van der Waals surface area contributed by atoms with Gasteiger partial charge >= 0.3 is 0 Å². The van der Waals surface area contributed by atoms with Crippen LogP contribution in [0.5, 0.6) is 0 Å². The molecule has 2 rings (SSSR count). The number of amides is 1. The van der Waals surface area contributed by atoms with Crippen LogP contribution in [0.15, 0.2) is 28.2 Å². The van der Waals surface area contributed by atoms with Crippen molar-refractivity contribution in [2.24, 2.45) is 0 Å². The average molecular weight is 362 g/mol. The molecule has 0 bridgehead atoms. The minimum atomic E-state index is -0.276. The van der Waals surface area contributed by atoms with Crippen LogP contribution in [0.25, 0.3) is 6.08 Å². The molecule has 0 radical (unpaired) electrons. The van der Waals surface area contributed by atoms with Gasteiger partial charge in [0.05, 0.1) is 5.69 Å². The molecule has 0 aromatic heterocycles. The predicted molar refractivity (Wildman–Crippen MR) is 92.5 cm³/mol. The molecule has 0 aliphatic heterocycles. The van der Waals surface area contributed by atoms with Gasteiger partial charge in [0, 0.05) is 24.6 Å². The van der Waals surface area contributed by atoms with Crippen LogP contribution in [-0.4, -0.2) is 26.0 Å². The van der Waals surface area contributed by atoms with Gasteiger partial charge in [-0.2, -0.15) is 5.26 Å². The lowest BCUT2D eigenvalue weighted by Crippen LogP contribution is -2.33. The molecule has 0 saturated heterocycles. The number of nitriles is 1. The second kappa shape index (κ2) is 7.46. The summed E-state index contributed by atoms with van der Waals surface area (Å²) in [5.41, 5.74) is 2.03. The summed E-state index contributed by atoms with van der Waals surface area (Å²) in [7, 11) is 3.93. The van der Waals surface area contributed by atoms with Crippen molar-refractivity contribution in [2.75, 3.05) is 19.0 Å². The lowest BCUT2D eigenvalue weighted by molar-refractivity contribution is -0.117. The smallest absolute Gasteiger partial charge is 0.262 e. The van der Waals surface area contributed by atoms with Gasteiger partial charge in [0.25, 0.3) is 5.91 Å². The van der Waals surface area contributed by atoms with Crippen LogP contribution in [0.4, 0.5) is 5.69 Å². The van der Waals surface area contributed by atoms with Crippen LogP contribution in [0, 0.1) is 11.3 Å². The van der Waals surface area contributed by atoms with Gasteiger partial charge in [-0.25, -0.2) is 0 Å².